The van der Waals surface area contributed by atoms with E-state index in [1.54, 1.807) is 0 Å². The molecule has 1 aliphatic rings. The number of unbranched alkanes of at least 4 members (excludes halogenated alkanes) is 20. The van der Waals surface area contributed by atoms with Gasteiger partial charge in [-0.2, -0.15) is 0 Å². The summed E-state index contributed by atoms with van der Waals surface area (Å²) in [4.78, 5) is 12.9. The van der Waals surface area contributed by atoms with Gasteiger partial charge in [-0.3, -0.25) is 4.79 Å². The Morgan fingerprint density at radius 2 is 1.14 bits per heavy atom. The molecule has 0 aromatic rings. The second-order valence-corrected chi connectivity index (χ2v) is 14.6. The predicted molar refractivity (Wildman–Crippen MR) is 200 cm³/mol. The van der Waals surface area contributed by atoms with Crippen LogP contribution < -0.4 is 5.32 Å². The van der Waals surface area contributed by atoms with Crippen LogP contribution in [-0.2, 0) is 14.3 Å². The first-order valence-corrected chi connectivity index (χ1v) is 20.5. The van der Waals surface area contributed by atoms with Crippen LogP contribution in [0.15, 0.2) is 12.2 Å². The molecule has 1 amide bonds. The topological polar surface area (TPSA) is 169 Å². The fourth-order valence-electron chi connectivity index (χ4n) is 6.50. The molecular weight excluding hydrogens is 638 g/mol. The third-order valence-corrected chi connectivity index (χ3v) is 9.98. The van der Waals surface area contributed by atoms with Crippen LogP contribution in [-0.4, -0.2) is 98.7 Å². The van der Waals surface area contributed by atoms with Crippen LogP contribution in [0, 0.1) is 0 Å². The highest BCUT2D eigenvalue weighted by molar-refractivity contribution is 5.80. The van der Waals surface area contributed by atoms with Crippen molar-refractivity contribution >= 4 is 5.91 Å². The lowest BCUT2D eigenvalue weighted by Gasteiger charge is -2.40. The van der Waals surface area contributed by atoms with Crippen LogP contribution in [0.3, 0.4) is 0 Å². The van der Waals surface area contributed by atoms with Crippen molar-refractivity contribution in [2.45, 2.75) is 223 Å². The summed E-state index contributed by atoms with van der Waals surface area (Å²) in [5.74, 6) is -0.596. The van der Waals surface area contributed by atoms with Crippen molar-refractivity contribution in [3.05, 3.63) is 12.2 Å². The highest BCUT2D eigenvalue weighted by Crippen LogP contribution is 2.23. The van der Waals surface area contributed by atoms with E-state index in [9.17, 15) is 35.4 Å². The zero-order valence-electron chi connectivity index (χ0n) is 31.8. The molecule has 10 nitrogen and oxygen atoms in total. The molecule has 8 unspecified atom stereocenters. The zero-order valence-corrected chi connectivity index (χ0v) is 31.8. The number of amides is 1. The van der Waals surface area contributed by atoms with Crippen molar-refractivity contribution in [2.75, 3.05) is 13.2 Å². The van der Waals surface area contributed by atoms with Gasteiger partial charge in [-0.15, -0.1) is 0 Å². The number of hydrogen-bond acceptors (Lipinski definition) is 9. The van der Waals surface area contributed by atoms with Crippen molar-refractivity contribution in [1.82, 2.24) is 5.32 Å². The monoisotopic (exact) mass is 716 g/mol. The Balaban J connectivity index is 2.46. The van der Waals surface area contributed by atoms with Gasteiger partial charge in [0.25, 0.3) is 0 Å². The van der Waals surface area contributed by atoms with Gasteiger partial charge >= 0.3 is 0 Å². The van der Waals surface area contributed by atoms with Gasteiger partial charge in [0.05, 0.1) is 25.4 Å². The molecule has 0 radical (unpaired) electrons. The minimum absolute atomic E-state index is 0.257. The van der Waals surface area contributed by atoms with Gasteiger partial charge < -0.3 is 45.4 Å². The Morgan fingerprint density at radius 3 is 1.68 bits per heavy atom. The Bertz CT molecular complexity index is 814. The molecule has 10 heteroatoms. The predicted octanol–water partition coefficient (Wildman–Crippen LogP) is 6.36. The highest BCUT2D eigenvalue weighted by Gasteiger charge is 2.44. The molecule has 0 aromatic heterocycles. The van der Waals surface area contributed by atoms with Gasteiger partial charge in [-0.05, 0) is 32.1 Å². The smallest absolute Gasteiger partial charge is 0.249 e. The van der Waals surface area contributed by atoms with E-state index in [-0.39, 0.29) is 6.61 Å². The molecule has 0 bridgehead atoms. The van der Waals surface area contributed by atoms with Gasteiger partial charge in [0, 0.05) is 0 Å². The van der Waals surface area contributed by atoms with E-state index in [1.165, 1.54) is 83.5 Å². The van der Waals surface area contributed by atoms with Gasteiger partial charge in [0.15, 0.2) is 6.29 Å². The molecule has 1 heterocycles. The van der Waals surface area contributed by atoms with Crippen molar-refractivity contribution in [3.63, 3.8) is 0 Å². The molecule has 296 valence electrons. The summed E-state index contributed by atoms with van der Waals surface area (Å²) < 4.78 is 11.1. The molecule has 1 saturated heterocycles. The second-order valence-electron chi connectivity index (χ2n) is 14.6. The standard InChI is InChI=1S/C40H77NO9/c1-3-5-7-9-11-13-15-16-17-18-19-21-22-24-26-28-33(43)32(31-49-40-38(47)37(46)36(45)35(30-42)50-40)41-39(48)34(44)29-27-25-23-20-14-12-10-8-6-4-2/h10,12,32-38,40,42-47H,3-9,11,13-31H2,1-2H3,(H,41,48)/b12-10-. The number of carbonyl (C=O) groups is 1. The number of rotatable bonds is 33. The second kappa shape index (κ2) is 31.4. The zero-order chi connectivity index (χ0) is 36.8. The summed E-state index contributed by atoms with van der Waals surface area (Å²) in [5, 5.41) is 64.5. The maximum atomic E-state index is 12.9. The van der Waals surface area contributed by atoms with Crippen LogP contribution in [0.25, 0.3) is 0 Å². The Hall–Kier alpha value is -1.11. The third-order valence-electron chi connectivity index (χ3n) is 9.98. The first-order chi connectivity index (χ1) is 24.3. The quantitative estimate of drug-likeness (QED) is 0.0302. The summed E-state index contributed by atoms with van der Waals surface area (Å²) in [6, 6.07) is -0.893. The molecular formula is C40H77NO9. The average molecular weight is 716 g/mol. The molecule has 0 saturated carbocycles. The van der Waals surface area contributed by atoms with Gasteiger partial charge in [-0.1, -0.05) is 154 Å². The van der Waals surface area contributed by atoms with E-state index < -0.39 is 61.5 Å². The van der Waals surface area contributed by atoms with Crippen LogP contribution >= 0.6 is 0 Å². The first kappa shape index (κ1) is 46.9. The fraction of sp³-hybridized carbons (Fsp3) is 0.925. The summed E-state index contributed by atoms with van der Waals surface area (Å²) in [7, 11) is 0. The lowest BCUT2D eigenvalue weighted by Crippen LogP contribution is -2.60. The third kappa shape index (κ3) is 22.1. The SMILES string of the molecule is CCCC/C=C\CCCCCCC(O)C(=O)NC(COC1OC(CO)C(O)C(O)C1O)C(O)CCCCCCCCCCCCCCCCC. The Labute approximate surface area is 304 Å². The maximum Gasteiger partial charge on any atom is 0.249 e. The number of aliphatic hydroxyl groups is 6. The number of nitrogens with one attached hydrogen (secondary N) is 1. The summed E-state index contributed by atoms with van der Waals surface area (Å²) >= 11 is 0. The summed E-state index contributed by atoms with van der Waals surface area (Å²) in [6.45, 7) is 3.59. The number of carbonyl (C=O) groups excluding carboxylic acids is 1. The largest absolute Gasteiger partial charge is 0.394 e. The van der Waals surface area contributed by atoms with Crippen molar-refractivity contribution in [1.29, 1.82) is 0 Å². The van der Waals surface area contributed by atoms with Crippen molar-refractivity contribution in [2.24, 2.45) is 0 Å². The molecule has 7 N–H and O–H groups in total. The lowest BCUT2D eigenvalue weighted by atomic mass is 9.99. The van der Waals surface area contributed by atoms with E-state index in [4.69, 9.17) is 9.47 Å². The van der Waals surface area contributed by atoms with Gasteiger partial charge in [0.1, 0.15) is 30.5 Å². The Kier molecular flexibility index (Phi) is 29.5. The maximum absolute atomic E-state index is 12.9. The van der Waals surface area contributed by atoms with Crippen LogP contribution in [0.2, 0.25) is 0 Å². The highest BCUT2D eigenvalue weighted by atomic mass is 16.7. The fourth-order valence-corrected chi connectivity index (χ4v) is 6.50. The molecule has 0 aliphatic carbocycles. The number of allylic oxidation sites excluding steroid dienone is 2. The van der Waals surface area contributed by atoms with E-state index in [1.807, 2.05) is 0 Å². The lowest BCUT2D eigenvalue weighted by molar-refractivity contribution is -0.302. The molecule has 50 heavy (non-hydrogen) atoms. The van der Waals surface area contributed by atoms with Crippen molar-refractivity contribution < 1.29 is 44.9 Å². The Morgan fingerprint density at radius 1 is 0.660 bits per heavy atom. The number of ether oxygens (including phenoxy) is 2. The van der Waals surface area contributed by atoms with E-state index >= 15 is 0 Å². The number of hydrogen-bond donors (Lipinski definition) is 7. The van der Waals surface area contributed by atoms with Gasteiger partial charge in [-0.25, -0.2) is 0 Å². The minimum atomic E-state index is -1.59. The van der Waals surface area contributed by atoms with Gasteiger partial charge in [0.2, 0.25) is 5.91 Å². The van der Waals surface area contributed by atoms with Crippen molar-refractivity contribution in [3.8, 4) is 0 Å². The van der Waals surface area contributed by atoms with Crippen LogP contribution in [0.1, 0.15) is 174 Å². The van der Waals surface area contributed by atoms with Crippen LogP contribution in [0.5, 0.6) is 0 Å². The minimum Gasteiger partial charge on any atom is -0.394 e. The molecule has 0 aromatic carbocycles. The summed E-state index contributed by atoms with van der Waals surface area (Å²) in [5.41, 5.74) is 0. The molecule has 8 atom stereocenters. The molecule has 1 aliphatic heterocycles. The molecule has 0 spiro atoms. The van der Waals surface area contributed by atoms with E-state index in [2.05, 4.69) is 31.3 Å². The van der Waals surface area contributed by atoms with E-state index in [0.717, 1.165) is 57.8 Å². The summed E-state index contributed by atoms with van der Waals surface area (Å²) in [6.07, 6.45) is 22.7. The molecule has 1 rings (SSSR count). The molecule has 1 fully saturated rings. The number of aliphatic hydroxyl groups excluding tert-OH is 6. The van der Waals surface area contributed by atoms with Crippen LogP contribution in [0.4, 0.5) is 0 Å². The average Bonchev–Trinajstić information content (AvgIpc) is 3.11. The first-order valence-electron chi connectivity index (χ1n) is 20.5. The van der Waals surface area contributed by atoms with E-state index in [0.29, 0.717) is 19.3 Å². The normalized spacial score (nSPS) is 22.9.